The van der Waals surface area contributed by atoms with Gasteiger partial charge in [0.1, 0.15) is 5.75 Å². The lowest BCUT2D eigenvalue weighted by molar-refractivity contribution is 0.0694. The maximum Gasteiger partial charge on any atom is 0.343 e. The van der Waals surface area contributed by atoms with Gasteiger partial charge in [0.15, 0.2) is 0 Å². The van der Waals surface area contributed by atoms with Crippen molar-refractivity contribution in [1.82, 2.24) is 0 Å². The molecule has 0 heterocycles. The van der Waals surface area contributed by atoms with Gasteiger partial charge in [-0.1, -0.05) is 47.0 Å². The van der Waals surface area contributed by atoms with Crippen LogP contribution in [0.25, 0.3) is 0 Å². The van der Waals surface area contributed by atoms with Crippen LogP contribution in [-0.2, 0) is 10.0 Å². The normalized spacial score (nSPS) is 11.1. The first kappa shape index (κ1) is 27.6. The monoisotopic (exact) mass is 563 g/mol. The van der Waals surface area contributed by atoms with E-state index in [1.807, 2.05) is 13.8 Å². The van der Waals surface area contributed by atoms with Crippen molar-refractivity contribution >= 4 is 45.2 Å². The highest BCUT2D eigenvalue weighted by Gasteiger charge is 2.33. The lowest BCUT2D eigenvalue weighted by Gasteiger charge is -2.23. The Morgan fingerprint density at radius 1 is 0.769 bits per heavy atom. The molecule has 1 N–H and O–H groups in total. The fourth-order valence-corrected chi connectivity index (χ4v) is 5.26. The van der Waals surface area contributed by atoms with Gasteiger partial charge < -0.3 is 9.84 Å². The first-order valence-electron chi connectivity index (χ1n) is 11.6. The molecule has 0 unspecified atom stereocenters. The van der Waals surface area contributed by atoms with Gasteiger partial charge in [0.25, 0.3) is 15.9 Å². The summed E-state index contributed by atoms with van der Waals surface area (Å²) in [6, 6.07) is 21.6. The average molecular weight is 564 g/mol. The number of aryl methyl sites for hydroxylation is 2. The molecule has 4 aromatic rings. The van der Waals surface area contributed by atoms with E-state index in [9.17, 15) is 27.9 Å². The minimum Gasteiger partial charge on any atom is -0.478 e. The second-order valence-corrected chi connectivity index (χ2v) is 10.8. The first-order valence-corrected chi connectivity index (χ1v) is 13.4. The standard InChI is InChI=1S/C29H22ClNO7S/c1-18-3-7-20(8-4-18)27(32)31(39(36,37)24-15-16-26(30)25(17-24)28(33)34)22-11-13-23(14-12-22)38-29(35)21-9-5-19(2)6-10-21/h3-17H,1-2H3,(H,33,34). The number of hydrogen-bond donors (Lipinski definition) is 1. The molecule has 0 saturated heterocycles. The van der Waals surface area contributed by atoms with Gasteiger partial charge in [0, 0.05) is 5.56 Å². The molecule has 39 heavy (non-hydrogen) atoms. The molecule has 0 aliphatic rings. The minimum atomic E-state index is -4.61. The molecule has 8 nitrogen and oxygen atoms in total. The Morgan fingerprint density at radius 3 is 1.85 bits per heavy atom. The smallest absolute Gasteiger partial charge is 0.343 e. The molecular weight excluding hydrogens is 542 g/mol. The van der Waals surface area contributed by atoms with Gasteiger partial charge in [0.2, 0.25) is 0 Å². The summed E-state index contributed by atoms with van der Waals surface area (Å²) >= 11 is 5.92. The number of ether oxygens (including phenoxy) is 1. The third kappa shape index (κ3) is 6.00. The number of carbonyl (C=O) groups excluding carboxylic acids is 2. The van der Waals surface area contributed by atoms with Gasteiger partial charge in [-0.2, -0.15) is 4.31 Å². The quantitative estimate of drug-likeness (QED) is 0.219. The zero-order valence-corrected chi connectivity index (χ0v) is 22.4. The van der Waals surface area contributed by atoms with Crippen LogP contribution >= 0.6 is 11.6 Å². The van der Waals surface area contributed by atoms with Crippen LogP contribution in [0.1, 0.15) is 42.2 Å². The van der Waals surface area contributed by atoms with Crippen LogP contribution in [0.2, 0.25) is 5.02 Å². The van der Waals surface area contributed by atoms with Crippen LogP contribution in [0.3, 0.4) is 0 Å². The second-order valence-electron chi connectivity index (χ2n) is 8.64. The number of anilines is 1. The van der Waals surface area contributed by atoms with Crippen LogP contribution in [0.5, 0.6) is 5.75 Å². The van der Waals surface area contributed by atoms with Crippen molar-refractivity contribution in [3.05, 3.63) is 124 Å². The Hall–Kier alpha value is -4.47. The summed E-state index contributed by atoms with van der Waals surface area (Å²) in [7, 11) is -4.61. The first-order chi connectivity index (χ1) is 18.5. The Labute approximate surface area is 230 Å². The third-order valence-electron chi connectivity index (χ3n) is 5.76. The lowest BCUT2D eigenvalue weighted by Crippen LogP contribution is -2.37. The maximum absolute atomic E-state index is 13.8. The van der Waals surface area contributed by atoms with Crippen molar-refractivity contribution in [2.75, 3.05) is 4.31 Å². The van der Waals surface area contributed by atoms with E-state index in [0.717, 1.165) is 29.3 Å². The molecule has 0 radical (unpaired) electrons. The van der Waals surface area contributed by atoms with Gasteiger partial charge in [0.05, 0.1) is 26.7 Å². The number of carboxylic acids is 1. The van der Waals surface area contributed by atoms with Crippen LogP contribution in [0.15, 0.2) is 95.9 Å². The molecule has 0 bridgehead atoms. The number of sulfonamides is 1. The van der Waals surface area contributed by atoms with E-state index in [1.54, 1.807) is 36.4 Å². The van der Waals surface area contributed by atoms with Gasteiger partial charge in [-0.05, 0) is 80.6 Å². The van der Waals surface area contributed by atoms with Crippen LogP contribution in [0, 0.1) is 13.8 Å². The number of carbonyl (C=O) groups is 3. The molecule has 0 aliphatic heterocycles. The fourth-order valence-electron chi connectivity index (χ4n) is 3.62. The van der Waals surface area contributed by atoms with E-state index >= 15 is 0 Å². The number of carboxylic acid groups (broad SMARTS) is 1. The summed E-state index contributed by atoms with van der Waals surface area (Å²) in [4.78, 5) is 37.2. The summed E-state index contributed by atoms with van der Waals surface area (Å²) in [5, 5.41) is 9.27. The molecule has 0 fully saturated rings. The van der Waals surface area contributed by atoms with E-state index in [1.165, 1.54) is 36.4 Å². The largest absolute Gasteiger partial charge is 0.478 e. The molecule has 10 heteroatoms. The maximum atomic E-state index is 13.8. The zero-order chi connectivity index (χ0) is 28.3. The lowest BCUT2D eigenvalue weighted by atomic mass is 10.1. The Kier molecular flexibility index (Phi) is 7.85. The molecule has 198 valence electrons. The molecular formula is C29H22ClNO7S. The molecule has 0 aliphatic carbocycles. The molecule has 0 aromatic heterocycles. The molecule has 0 saturated carbocycles. The summed E-state index contributed by atoms with van der Waals surface area (Å²) < 4.78 is 33.5. The Bertz CT molecular complexity index is 1660. The van der Waals surface area contributed by atoms with Crippen molar-refractivity contribution in [3.8, 4) is 5.75 Å². The number of benzene rings is 4. The summed E-state index contributed by atoms with van der Waals surface area (Å²) in [5.74, 6) is -2.77. The number of nitrogens with zero attached hydrogens (tertiary/aromatic N) is 1. The summed E-state index contributed by atoms with van der Waals surface area (Å²) in [6.07, 6.45) is 0. The van der Waals surface area contributed by atoms with Crippen molar-refractivity contribution in [1.29, 1.82) is 0 Å². The van der Waals surface area contributed by atoms with Gasteiger partial charge in [-0.25, -0.2) is 18.0 Å². The van der Waals surface area contributed by atoms with Crippen LogP contribution in [0.4, 0.5) is 5.69 Å². The van der Waals surface area contributed by atoms with Gasteiger partial charge >= 0.3 is 11.9 Å². The van der Waals surface area contributed by atoms with E-state index in [2.05, 4.69) is 0 Å². The van der Waals surface area contributed by atoms with Gasteiger partial charge in [-0.15, -0.1) is 0 Å². The number of amides is 1. The highest BCUT2D eigenvalue weighted by molar-refractivity contribution is 7.93. The van der Waals surface area contributed by atoms with E-state index in [4.69, 9.17) is 16.3 Å². The van der Waals surface area contributed by atoms with Gasteiger partial charge in [-0.3, -0.25) is 4.79 Å². The topological polar surface area (TPSA) is 118 Å². The van der Waals surface area contributed by atoms with Crippen LogP contribution in [-0.4, -0.2) is 31.4 Å². The van der Waals surface area contributed by atoms with Crippen molar-refractivity contribution in [2.45, 2.75) is 18.7 Å². The van der Waals surface area contributed by atoms with E-state index in [-0.39, 0.29) is 22.0 Å². The van der Waals surface area contributed by atoms with Crippen molar-refractivity contribution in [3.63, 3.8) is 0 Å². The molecule has 1 amide bonds. The Morgan fingerprint density at radius 2 is 1.31 bits per heavy atom. The molecule has 4 rings (SSSR count). The van der Waals surface area contributed by atoms with Crippen LogP contribution < -0.4 is 9.04 Å². The zero-order valence-electron chi connectivity index (χ0n) is 20.8. The Balaban J connectivity index is 1.74. The number of rotatable bonds is 7. The van der Waals surface area contributed by atoms with Crippen molar-refractivity contribution < 1.29 is 32.6 Å². The van der Waals surface area contributed by atoms with E-state index in [0.29, 0.717) is 9.87 Å². The molecule has 0 atom stereocenters. The average Bonchev–Trinajstić information content (AvgIpc) is 2.90. The fraction of sp³-hybridized carbons (Fsp3) is 0.0690. The summed E-state index contributed by atoms with van der Waals surface area (Å²) in [6.45, 7) is 3.71. The molecule has 0 spiro atoms. The number of hydrogen-bond acceptors (Lipinski definition) is 6. The highest BCUT2D eigenvalue weighted by atomic mass is 35.5. The SMILES string of the molecule is Cc1ccc(C(=O)Oc2ccc(N(C(=O)c3ccc(C)cc3)S(=O)(=O)c3ccc(Cl)c(C(=O)O)c3)cc2)cc1. The number of halogens is 1. The third-order valence-corrected chi connectivity index (χ3v) is 7.80. The predicted molar refractivity (Wildman–Crippen MR) is 146 cm³/mol. The van der Waals surface area contributed by atoms with Crippen molar-refractivity contribution in [2.24, 2.45) is 0 Å². The molecule has 4 aromatic carbocycles. The predicted octanol–water partition coefficient (Wildman–Crippen LogP) is 5.91. The number of esters is 1. The minimum absolute atomic E-state index is 0.0532. The summed E-state index contributed by atoms with van der Waals surface area (Å²) in [5.41, 5.74) is 1.78. The second kappa shape index (κ2) is 11.1. The highest BCUT2D eigenvalue weighted by Crippen LogP contribution is 2.30. The number of aromatic carboxylic acids is 1. The van der Waals surface area contributed by atoms with E-state index < -0.39 is 38.3 Å².